The predicted molar refractivity (Wildman–Crippen MR) is 70.6 cm³/mol. The number of H-pyrrole nitrogens is 2. The first-order chi connectivity index (χ1) is 8.74. The van der Waals surface area contributed by atoms with Gasteiger partial charge < -0.3 is 9.97 Å². The van der Waals surface area contributed by atoms with Crippen LogP contribution in [0.3, 0.4) is 0 Å². The number of fused-ring (bicyclic) bond motifs is 1. The third kappa shape index (κ3) is 1.73. The quantitative estimate of drug-likeness (QED) is 0.679. The van der Waals surface area contributed by atoms with Crippen molar-refractivity contribution in [1.82, 2.24) is 9.97 Å². The molecule has 0 spiro atoms. The van der Waals surface area contributed by atoms with Crippen LogP contribution in [-0.4, -0.2) is 9.97 Å². The van der Waals surface area contributed by atoms with Gasteiger partial charge >= 0.3 is 0 Å². The number of aromatic amines is 2. The van der Waals surface area contributed by atoms with Crippen molar-refractivity contribution in [1.29, 1.82) is 0 Å². The molecule has 0 fully saturated rings. The molecule has 4 nitrogen and oxygen atoms in total. The van der Waals surface area contributed by atoms with E-state index in [-0.39, 0.29) is 11.1 Å². The molecule has 0 saturated heterocycles. The molecule has 0 amide bonds. The molecule has 4 heteroatoms. The first-order valence-electron chi connectivity index (χ1n) is 5.56. The standard InChI is InChI=1S/C14H10N2O2/c17-12-7-6-10-11(9-4-2-1-3-5-9)8-13(18)16-14(10)15-12/h1-8H,(H2,15,16,17,18). The van der Waals surface area contributed by atoms with E-state index in [9.17, 15) is 9.59 Å². The van der Waals surface area contributed by atoms with Crippen molar-refractivity contribution in [3.8, 4) is 11.1 Å². The van der Waals surface area contributed by atoms with Crippen molar-refractivity contribution in [3.05, 3.63) is 69.2 Å². The van der Waals surface area contributed by atoms with Gasteiger partial charge in [-0.15, -0.1) is 0 Å². The Labute approximate surface area is 102 Å². The van der Waals surface area contributed by atoms with E-state index >= 15 is 0 Å². The molecule has 18 heavy (non-hydrogen) atoms. The molecule has 0 atom stereocenters. The van der Waals surface area contributed by atoms with Crippen LogP contribution in [0.25, 0.3) is 22.2 Å². The number of pyridine rings is 2. The van der Waals surface area contributed by atoms with Crippen LogP contribution in [0.4, 0.5) is 0 Å². The van der Waals surface area contributed by atoms with Crippen LogP contribution in [0.1, 0.15) is 0 Å². The molecule has 3 aromatic rings. The molecule has 2 aromatic heterocycles. The zero-order valence-corrected chi connectivity index (χ0v) is 9.44. The predicted octanol–water partition coefficient (Wildman–Crippen LogP) is 1.88. The van der Waals surface area contributed by atoms with Gasteiger partial charge in [0.1, 0.15) is 5.65 Å². The van der Waals surface area contributed by atoms with Crippen LogP contribution >= 0.6 is 0 Å². The summed E-state index contributed by atoms with van der Waals surface area (Å²) in [6.45, 7) is 0. The summed E-state index contributed by atoms with van der Waals surface area (Å²) < 4.78 is 0. The minimum atomic E-state index is -0.233. The van der Waals surface area contributed by atoms with Gasteiger partial charge in [-0.1, -0.05) is 30.3 Å². The highest BCUT2D eigenvalue weighted by Crippen LogP contribution is 2.23. The molecule has 2 heterocycles. The molecule has 3 rings (SSSR count). The minimum absolute atomic E-state index is 0.233. The highest BCUT2D eigenvalue weighted by Gasteiger charge is 2.05. The van der Waals surface area contributed by atoms with E-state index < -0.39 is 0 Å². The van der Waals surface area contributed by atoms with Crippen LogP contribution in [0.2, 0.25) is 0 Å². The van der Waals surface area contributed by atoms with E-state index in [1.165, 1.54) is 12.1 Å². The third-order valence-electron chi connectivity index (χ3n) is 2.82. The fourth-order valence-electron chi connectivity index (χ4n) is 2.02. The van der Waals surface area contributed by atoms with Crippen molar-refractivity contribution >= 4 is 11.0 Å². The molecule has 0 aliphatic heterocycles. The molecule has 0 radical (unpaired) electrons. The van der Waals surface area contributed by atoms with Gasteiger partial charge in [0.05, 0.1) is 0 Å². The highest BCUT2D eigenvalue weighted by atomic mass is 16.1. The molecule has 88 valence electrons. The number of hydrogen-bond donors (Lipinski definition) is 2. The number of aromatic nitrogens is 2. The summed E-state index contributed by atoms with van der Waals surface area (Å²) >= 11 is 0. The fourth-order valence-corrected chi connectivity index (χ4v) is 2.02. The van der Waals surface area contributed by atoms with Gasteiger partial charge in [0.15, 0.2) is 0 Å². The Balaban J connectivity index is 2.42. The van der Waals surface area contributed by atoms with E-state index in [1.807, 2.05) is 30.3 Å². The summed E-state index contributed by atoms with van der Waals surface area (Å²) in [7, 11) is 0. The lowest BCUT2D eigenvalue weighted by molar-refractivity contribution is 1.20. The van der Waals surface area contributed by atoms with E-state index in [0.717, 1.165) is 16.5 Å². The van der Waals surface area contributed by atoms with Gasteiger partial charge in [-0.3, -0.25) is 9.59 Å². The lowest BCUT2D eigenvalue weighted by Gasteiger charge is -2.05. The second-order valence-corrected chi connectivity index (χ2v) is 4.02. The maximum atomic E-state index is 11.6. The van der Waals surface area contributed by atoms with E-state index in [1.54, 1.807) is 6.07 Å². The Hall–Kier alpha value is -2.62. The smallest absolute Gasteiger partial charge is 0.250 e. The summed E-state index contributed by atoms with van der Waals surface area (Å²) in [6, 6.07) is 14.3. The second-order valence-electron chi connectivity index (χ2n) is 4.02. The maximum Gasteiger partial charge on any atom is 0.250 e. The lowest BCUT2D eigenvalue weighted by atomic mass is 10.0. The average Bonchev–Trinajstić information content (AvgIpc) is 2.38. The normalized spacial score (nSPS) is 10.7. The summed E-state index contributed by atoms with van der Waals surface area (Å²) in [5.74, 6) is 0. The largest absolute Gasteiger partial charge is 0.308 e. The molecule has 1 aromatic carbocycles. The minimum Gasteiger partial charge on any atom is -0.308 e. The zero-order valence-electron chi connectivity index (χ0n) is 9.44. The van der Waals surface area contributed by atoms with Gasteiger partial charge in [-0.05, 0) is 17.2 Å². The van der Waals surface area contributed by atoms with Crippen LogP contribution in [0.15, 0.2) is 58.1 Å². The lowest BCUT2D eigenvalue weighted by Crippen LogP contribution is -2.10. The molecule has 2 N–H and O–H groups in total. The van der Waals surface area contributed by atoms with Gasteiger partial charge in [-0.25, -0.2) is 0 Å². The number of nitrogens with one attached hydrogen (secondary N) is 2. The van der Waals surface area contributed by atoms with Crippen LogP contribution in [-0.2, 0) is 0 Å². The first kappa shape index (κ1) is 10.5. The Morgan fingerprint density at radius 3 is 2.28 bits per heavy atom. The topological polar surface area (TPSA) is 65.7 Å². The second kappa shape index (κ2) is 4.00. The molecule has 0 bridgehead atoms. The van der Waals surface area contributed by atoms with Crippen molar-refractivity contribution in [2.24, 2.45) is 0 Å². The first-order valence-corrected chi connectivity index (χ1v) is 5.56. The average molecular weight is 238 g/mol. The Morgan fingerprint density at radius 1 is 0.778 bits per heavy atom. The monoisotopic (exact) mass is 238 g/mol. The summed E-state index contributed by atoms with van der Waals surface area (Å²) in [5, 5.41) is 0.820. The van der Waals surface area contributed by atoms with Crippen LogP contribution in [0, 0.1) is 0 Å². The summed E-state index contributed by atoms with van der Waals surface area (Å²) in [6.07, 6.45) is 0. The molecule has 0 saturated carbocycles. The number of rotatable bonds is 1. The van der Waals surface area contributed by atoms with Gasteiger partial charge in [0.25, 0.3) is 0 Å². The highest BCUT2D eigenvalue weighted by molar-refractivity contribution is 5.92. The Morgan fingerprint density at radius 2 is 1.50 bits per heavy atom. The number of benzene rings is 1. The molecule has 0 aliphatic carbocycles. The van der Waals surface area contributed by atoms with Crippen LogP contribution in [0.5, 0.6) is 0 Å². The summed E-state index contributed by atoms with van der Waals surface area (Å²) in [4.78, 5) is 28.1. The van der Waals surface area contributed by atoms with E-state index in [0.29, 0.717) is 5.65 Å². The van der Waals surface area contributed by atoms with Crippen molar-refractivity contribution in [2.75, 3.05) is 0 Å². The van der Waals surface area contributed by atoms with Gasteiger partial charge in [0, 0.05) is 17.5 Å². The third-order valence-corrected chi connectivity index (χ3v) is 2.82. The van der Waals surface area contributed by atoms with Crippen molar-refractivity contribution in [2.45, 2.75) is 0 Å². The van der Waals surface area contributed by atoms with Gasteiger partial charge in [-0.2, -0.15) is 0 Å². The SMILES string of the molecule is O=c1ccc2c(-c3ccccc3)cc(=O)[nH]c2[nH]1. The molecular weight excluding hydrogens is 228 g/mol. The van der Waals surface area contributed by atoms with E-state index in [4.69, 9.17) is 0 Å². The number of hydrogen-bond acceptors (Lipinski definition) is 2. The van der Waals surface area contributed by atoms with Crippen molar-refractivity contribution < 1.29 is 0 Å². The zero-order chi connectivity index (χ0) is 12.5. The molecule has 0 unspecified atom stereocenters. The molecule has 0 aliphatic rings. The Bertz CT molecular complexity index is 811. The van der Waals surface area contributed by atoms with E-state index in [2.05, 4.69) is 9.97 Å². The fraction of sp³-hybridized carbons (Fsp3) is 0. The van der Waals surface area contributed by atoms with Gasteiger partial charge in [0.2, 0.25) is 11.1 Å². The van der Waals surface area contributed by atoms with Crippen LogP contribution < -0.4 is 11.1 Å². The molecular formula is C14H10N2O2. The van der Waals surface area contributed by atoms with Crippen molar-refractivity contribution in [3.63, 3.8) is 0 Å². The Kier molecular flexibility index (Phi) is 2.34. The maximum absolute atomic E-state index is 11.6. The summed E-state index contributed by atoms with van der Waals surface area (Å²) in [5.41, 5.74) is 1.74.